The monoisotopic (exact) mass is 240 g/mol. The lowest BCUT2D eigenvalue weighted by Gasteiger charge is -2.23. The summed E-state index contributed by atoms with van der Waals surface area (Å²) in [5.41, 5.74) is 0. The molecule has 0 fully saturated rings. The van der Waals surface area contributed by atoms with Crippen molar-refractivity contribution >= 4 is 5.82 Å². The standard InChI is InChI=1S/C12H24N4O/c1-5-7-16-12(8-13-15-16)14-11(10(3)4)9-17-6-2/h8,10-11,14H,5-7,9H2,1-4H3. The van der Waals surface area contributed by atoms with E-state index in [1.807, 2.05) is 11.6 Å². The maximum absolute atomic E-state index is 5.49. The summed E-state index contributed by atoms with van der Waals surface area (Å²) < 4.78 is 7.40. The molecule has 0 spiro atoms. The summed E-state index contributed by atoms with van der Waals surface area (Å²) in [6.45, 7) is 10.9. The highest BCUT2D eigenvalue weighted by Gasteiger charge is 2.15. The molecule has 1 aromatic rings. The molecule has 0 amide bonds. The zero-order valence-corrected chi connectivity index (χ0v) is 11.3. The Balaban J connectivity index is 2.61. The summed E-state index contributed by atoms with van der Waals surface area (Å²) in [5.74, 6) is 1.48. The molecule has 98 valence electrons. The van der Waals surface area contributed by atoms with Crippen molar-refractivity contribution in [1.82, 2.24) is 15.0 Å². The number of rotatable bonds is 8. The second-order valence-corrected chi connectivity index (χ2v) is 4.50. The van der Waals surface area contributed by atoms with E-state index in [1.165, 1.54) is 0 Å². The van der Waals surface area contributed by atoms with Crippen molar-refractivity contribution in [3.05, 3.63) is 6.20 Å². The van der Waals surface area contributed by atoms with Crippen molar-refractivity contribution < 1.29 is 4.74 Å². The summed E-state index contributed by atoms with van der Waals surface area (Å²) in [6, 6.07) is 0.295. The van der Waals surface area contributed by atoms with E-state index in [2.05, 4.69) is 36.4 Å². The van der Waals surface area contributed by atoms with Gasteiger partial charge in [0.05, 0.1) is 18.8 Å². The van der Waals surface area contributed by atoms with Gasteiger partial charge in [0.15, 0.2) is 0 Å². The van der Waals surface area contributed by atoms with Gasteiger partial charge in [-0.3, -0.25) is 0 Å². The van der Waals surface area contributed by atoms with Crippen LogP contribution >= 0.6 is 0 Å². The zero-order valence-electron chi connectivity index (χ0n) is 11.3. The highest BCUT2D eigenvalue weighted by Crippen LogP contribution is 2.12. The lowest BCUT2D eigenvalue weighted by Crippen LogP contribution is -2.32. The molecule has 0 radical (unpaired) electrons. The van der Waals surface area contributed by atoms with Gasteiger partial charge in [-0.25, -0.2) is 4.68 Å². The molecular weight excluding hydrogens is 216 g/mol. The lowest BCUT2D eigenvalue weighted by molar-refractivity contribution is 0.126. The first-order chi connectivity index (χ1) is 8.19. The third-order valence-corrected chi connectivity index (χ3v) is 2.69. The first kappa shape index (κ1) is 14.0. The fraction of sp³-hybridized carbons (Fsp3) is 0.833. The van der Waals surface area contributed by atoms with Crippen LogP contribution in [-0.2, 0) is 11.3 Å². The van der Waals surface area contributed by atoms with Crippen LogP contribution in [0.5, 0.6) is 0 Å². The molecule has 1 heterocycles. The van der Waals surface area contributed by atoms with Crippen LogP contribution in [0.1, 0.15) is 34.1 Å². The molecule has 1 N–H and O–H groups in total. The summed E-state index contributed by atoms with van der Waals surface area (Å²) >= 11 is 0. The van der Waals surface area contributed by atoms with Gasteiger partial charge in [-0.1, -0.05) is 26.0 Å². The number of aromatic nitrogens is 3. The van der Waals surface area contributed by atoms with Crippen LogP contribution < -0.4 is 5.32 Å². The number of ether oxygens (including phenoxy) is 1. The van der Waals surface area contributed by atoms with E-state index >= 15 is 0 Å². The molecule has 17 heavy (non-hydrogen) atoms. The molecule has 1 aromatic heterocycles. The van der Waals surface area contributed by atoms with E-state index in [-0.39, 0.29) is 0 Å². The maximum Gasteiger partial charge on any atom is 0.145 e. The minimum atomic E-state index is 0.295. The predicted octanol–water partition coefficient (Wildman–Crippen LogP) is 2.16. The number of nitrogens with zero attached hydrogens (tertiary/aromatic N) is 3. The topological polar surface area (TPSA) is 52.0 Å². The highest BCUT2D eigenvalue weighted by atomic mass is 16.5. The van der Waals surface area contributed by atoms with Gasteiger partial charge in [0, 0.05) is 13.2 Å². The Morgan fingerprint density at radius 3 is 2.76 bits per heavy atom. The molecule has 0 aliphatic rings. The van der Waals surface area contributed by atoms with Gasteiger partial charge in [-0.2, -0.15) is 0 Å². The number of nitrogens with one attached hydrogen (secondary N) is 1. The minimum Gasteiger partial charge on any atom is -0.380 e. The average molecular weight is 240 g/mol. The largest absolute Gasteiger partial charge is 0.380 e. The highest BCUT2D eigenvalue weighted by molar-refractivity contribution is 5.32. The van der Waals surface area contributed by atoms with E-state index in [0.29, 0.717) is 18.6 Å². The van der Waals surface area contributed by atoms with E-state index in [1.54, 1.807) is 6.20 Å². The number of hydrogen-bond donors (Lipinski definition) is 1. The molecule has 0 aliphatic carbocycles. The van der Waals surface area contributed by atoms with Gasteiger partial charge in [0.2, 0.25) is 0 Å². The Morgan fingerprint density at radius 2 is 2.18 bits per heavy atom. The van der Waals surface area contributed by atoms with Crippen LogP contribution in [0.2, 0.25) is 0 Å². The Kier molecular flexibility index (Phi) is 5.97. The smallest absolute Gasteiger partial charge is 0.145 e. The molecule has 1 rings (SSSR count). The number of hydrogen-bond acceptors (Lipinski definition) is 4. The van der Waals surface area contributed by atoms with E-state index in [0.717, 1.165) is 25.4 Å². The maximum atomic E-state index is 5.49. The molecule has 5 nitrogen and oxygen atoms in total. The molecule has 1 unspecified atom stereocenters. The van der Waals surface area contributed by atoms with Crippen LogP contribution in [-0.4, -0.2) is 34.2 Å². The third kappa shape index (κ3) is 4.34. The Hall–Kier alpha value is -1.10. The van der Waals surface area contributed by atoms with Gasteiger partial charge in [0.25, 0.3) is 0 Å². The summed E-state index contributed by atoms with van der Waals surface area (Å²) in [6.07, 6.45) is 2.83. The minimum absolute atomic E-state index is 0.295. The Morgan fingerprint density at radius 1 is 1.41 bits per heavy atom. The van der Waals surface area contributed by atoms with Gasteiger partial charge >= 0.3 is 0 Å². The summed E-state index contributed by atoms with van der Waals surface area (Å²) in [7, 11) is 0. The third-order valence-electron chi connectivity index (χ3n) is 2.69. The first-order valence-electron chi connectivity index (χ1n) is 6.41. The molecule has 0 bridgehead atoms. The van der Waals surface area contributed by atoms with E-state index < -0.39 is 0 Å². The van der Waals surface area contributed by atoms with Crippen molar-refractivity contribution in [2.75, 3.05) is 18.5 Å². The SMILES string of the molecule is CCCn1nncc1NC(COCC)C(C)C. The number of aryl methyl sites for hydroxylation is 1. The number of anilines is 1. The Bertz CT molecular complexity index is 311. The van der Waals surface area contributed by atoms with Gasteiger partial charge in [-0.15, -0.1) is 5.10 Å². The second kappa shape index (κ2) is 7.27. The van der Waals surface area contributed by atoms with Crippen molar-refractivity contribution in [3.63, 3.8) is 0 Å². The molecule has 0 aromatic carbocycles. The molecule has 0 saturated carbocycles. The first-order valence-corrected chi connectivity index (χ1v) is 6.41. The normalized spacial score (nSPS) is 13.0. The van der Waals surface area contributed by atoms with Crippen LogP contribution in [0.15, 0.2) is 6.20 Å². The van der Waals surface area contributed by atoms with Crippen molar-refractivity contribution in [3.8, 4) is 0 Å². The molecule has 0 saturated heterocycles. The quantitative estimate of drug-likeness (QED) is 0.756. The van der Waals surface area contributed by atoms with Crippen LogP contribution in [0.25, 0.3) is 0 Å². The molecule has 0 aliphatic heterocycles. The Labute approximate surface area is 104 Å². The van der Waals surface area contributed by atoms with Gasteiger partial charge in [-0.05, 0) is 19.3 Å². The predicted molar refractivity (Wildman–Crippen MR) is 69.1 cm³/mol. The van der Waals surface area contributed by atoms with Gasteiger partial charge in [0.1, 0.15) is 5.82 Å². The van der Waals surface area contributed by atoms with Crippen molar-refractivity contribution in [2.45, 2.75) is 46.7 Å². The fourth-order valence-corrected chi connectivity index (χ4v) is 1.58. The van der Waals surface area contributed by atoms with Crippen LogP contribution in [0, 0.1) is 5.92 Å². The summed E-state index contributed by atoms with van der Waals surface area (Å²) in [4.78, 5) is 0. The van der Waals surface area contributed by atoms with Gasteiger partial charge < -0.3 is 10.1 Å². The zero-order chi connectivity index (χ0) is 12.7. The van der Waals surface area contributed by atoms with E-state index in [9.17, 15) is 0 Å². The fourth-order valence-electron chi connectivity index (χ4n) is 1.58. The molecule has 1 atom stereocenters. The lowest BCUT2D eigenvalue weighted by atomic mass is 10.1. The molecule has 5 heteroatoms. The van der Waals surface area contributed by atoms with Crippen LogP contribution in [0.4, 0.5) is 5.82 Å². The van der Waals surface area contributed by atoms with Crippen molar-refractivity contribution in [2.24, 2.45) is 5.92 Å². The van der Waals surface area contributed by atoms with Crippen LogP contribution in [0.3, 0.4) is 0 Å². The second-order valence-electron chi connectivity index (χ2n) is 4.50. The molecular formula is C12H24N4O. The average Bonchev–Trinajstić information content (AvgIpc) is 2.72. The van der Waals surface area contributed by atoms with Crippen molar-refractivity contribution in [1.29, 1.82) is 0 Å². The summed E-state index contributed by atoms with van der Waals surface area (Å²) in [5, 5.41) is 11.5. The van der Waals surface area contributed by atoms with E-state index in [4.69, 9.17) is 4.74 Å².